The lowest BCUT2D eigenvalue weighted by Crippen LogP contribution is -2.65. The van der Waals surface area contributed by atoms with Gasteiger partial charge in [-0.1, -0.05) is 46.3 Å². The molecule has 40 heavy (non-hydrogen) atoms. The van der Waals surface area contributed by atoms with E-state index in [2.05, 4.69) is 40.7 Å². The van der Waals surface area contributed by atoms with E-state index in [1.54, 1.807) is 0 Å². The van der Waals surface area contributed by atoms with Gasteiger partial charge in [-0.3, -0.25) is 14.4 Å². The summed E-state index contributed by atoms with van der Waals surface area (Å²) in [7, 11) is 2.99. The van der Waals surface area contributed by atoms with E-state index >= 15 is 0 Å². The summed E-state index contributed by atoms with van der Waals surface area (Å²) in [6.45, 7) is 15.7. The average molecular weight is 557 g/mol. The van der Waals surface area contributed by atoms with Crippen molar-refractivity contribution >= 4 is 17.9 Å². The van der Waals surface area contributed by atoms with Crippen LogP contribution in [0.1, 0.15) is 113 Å². The molecule has 224 valence electrons. The van der Waals surface area contributed by atoms with Gasteiger partial charge in [-0.2, -0.15) is 0 Å². The summed E-state index contributed by atoms with van der Waals surface area (Å²) in [5.74, 6) is 0.509. The smallest absolute Gasteiger partial charge is 0.312 e. The Morgan fingerprint density at radius 2 is 1.45 bits per heavy atom. The van der Waals surface area contributed by atoms with E-state index in [-0.39, 0.29) is 51.6 Å². The lowest BCUT2D eigenvalue weighted by atomic mass is 9.33. The maximum atomic E-state index is 13.5. The van der Waals surface area contributed by atoms with E-state index in [9.17, 15) is 14.4 Å². The zero-order valence-corrected chi connectivity index (χ0v) is 26.4. The minimum atomic E-state index is -0.601. The first-order valence-corrected chi connectivity index (χ1v) is 15.6. The number of fused-ring (bicyclic) bond motifs is 7. The molecule has 0 aromatic carbocycles. The number of methoxy groups -OCH3 is 2. The van der Waals surface area contributed by atoms with Gasteiger partial charge in [-0.25, -0.2) is 0 Å². The van der Waals surface area contributed by atoms with Crippen molar-refractivity contribution in [1.82, 2.24) is 0 Å². The molecule has 0 saturated heterocycles. The lowest BCUT2D eigenvalue weighted by molar-refractivity contribution is -0.214. The summed E-state index contributed by atoms with van der Waals surface area (Å²) in [4.78, 5) is 38.5. The molecule has 0 aromatic rings. The number of hydrogen-bond donors (Lipinski definition) is 0. The van der Waals surface area contributed by atoms with Crippen LogP contribution in [0.25, 0.3) is 0 Å². The van der Waals surface area contributed by atoms with Gasteiger partial charge >= 0.3 is 17.9 Å². The van der Waals surface area contributed by atoms with Crippen LogP contribution >= 0.6 is 0 Å². The van der Waals surface area contributed by atoms with Crippen LogP contribution in [0.5, 0.6) is 0 Å². The second kappa shape index (κ2) is 9.33. The Morgan fingerprint density at radius 3 is 2.08 bits per heavy atom. The minimum absolute atomic E-state index is 0.0176. The fraction of sp³-hybridized carbons (Fsp3) is 0.853. The van der Waals surface area contributed by atoms with Gasteiger partial charge in [-0.05, 0) is 105 Å². The number of hydrogen-bond acceptors (Lipinski definition) is 6. The quantitative estimate of drug-likeness (QED) is 0.211. The van der Waals surface area contributed by atoms with Gasteiger partial charge in [0.2, 0.25) is 0 Å². The molecule has 0 bridgehead atoms. The molecule has 6 nitrogen and oxygen atoms in total. The fourth-order valence-electron chi connectivity index (χ4n) is 11.5. The van der Waals surface area contributed by atoms with Crippen molar-refractivity contribution in [3.8, 4) is 0 Å². The molecule has 6 heteroatoms. The van der Waals surface area contributed by atoms with Gasteiger partial charge in [0.1, 0.15) is 6.10 Å². The van der Waals surface area contributed by atoms with Crippen molar-refractivity contribution in [2.24, 2.45) is 50.2 Å². The van der Waals surface area contributed by atoms with E-state index < -0.39 is 10.8 Å². The highest BCUT2D eigenvalue weighted by molar-refractivity contribution is 5.81. The van der Waals surface area contributed by atoms with E-state index in [1.165, 1.54) is 26.7 Å². The molecule has 5 rings (SSSR count). The second-order valence-corrected chi connectivity index (χ2v) is 15.7. The summed E-state index contributed by atoms with van der Waals surface area (Å²) in [6, 6.07) is 0. The lowest BCUT2D eigenvalue weighted by Gasteiger charge is -2.71. The topological polar surface area (TPSA) is 78.9 Å². The highest BCUT2D eigenvalue weighted by Crippen LogP contribution is 2.76. The number of esters is 3. The number of carbonyl (C=O) groups excluding carboxylic acids is 3. The van der Waals surface area contributed by atoms with Gasteiger partial charge in [0.25, 0.3) is 0 Å². The maximum Gasteiger partial charge on any atom is 0.312 e. The number of allylic oxidation sites excluding steroid dienone is 2. The molecule has 0 spiro atoms. The molecule has 0 unspecified atom stereocenters. The molecule has 0 heterocycles. The van der Waals surface area contributed by atoms with Crippen LogP contribution in [-0.4, -0.2) is 38.2 Å². The Morgan fingerprint density at radius 1 is 0.800 bits per heavy atom. The van der Waals surface area contributed by atoms with Crippen LogP contribution in [0.3, 0.4) is 0 Å². The monoisotopic (exact) mass is 556 g/mol. The van der Waals surface area contributed by atoms with E-state index in [0.717, 1.165) is 44.9 Å². The molecule has 0 aliphatic heterocycles. The van der Waals surface area contributed by atoms with Crippen molar-refractivity contribution in [3.05, 3.63) is 11.6 Å². The molecule has 0 N–H and O–H groups in total. The summed E-state index contributed by atoms with van der Waals surface area (Å²) in [6.07, 6.45) is 11.4. The van der Waals surface area contributed by atoms with E-state index in [4.69, 9.17) is 14.2 Å². The number of rotatable bonds is 3. The SMILES string of the molecule is COC(=O)[C@]1(C)CC[C@]2(C(=O)OC)CC[C@]3(C)C(=CC[C@@H]4[C@@]5(C)CC[C@H](OC(C)=O)C(C)(C)[C@@H]5CC[C@]43C)[C@@H]2C1. The zero-order chi connectivity index (χ0) is 29.5. The molecule has 0 radical (unpaired) electrons. The Labute approximate surface area is 241 Å². The van der Waals surface area contributed by atoms with Crippen LogP contribution in [0.4, 0.5) is 0 Å². The van der Waals surface area contributed by atoms with Crippen molar-refractivity contribution in [2.45, 2.75) is 119 Å². The first-order valence-electron chi connectivity index (χ1n) is 15.6. The predicted molar refractivity (Wildman–Crippen MR) is 153 cm³/mol. The fourth-order valence-corrected chi connectivity index (χ4v) is 11.5. The Hall–Kier alpha value is -1.85. The third-order valence-electron chi connectivity index (χ3n) is 13.9. The molecule has 9 atom stereocenters. The molecule has 4 saturated carbocycles. The Bertz CT molecular complexity index is 1120. The molecule has 5 aliphatic rings. The number of ether oxygens (including phenoxy) is 3. The van der Waals surface area contributed by atoms with E-state index in [0.29, 0.717) is 31.1 Å². The van der Waals surface area contributed by atoms with Gasteiger partial charge in [-0.15, -0.1) is 0 Å². The van der Waals surface area contributed by atoms with Crippen molar-refractivity contribution < 1.29 is 28.6 Å². The number of carbonyl (C=O) groups is 3. The molecule has 5 aliphatic carbocycles. The van der Waals surface area contributed by atoms with Crippen LogP contribution < -0.4 is 0 Å². The highest BCUT2D eigenvalue weighted by Gasteiger charge is 2.70. The van der Waals surface area contributed by atoms with Gasteiger partial charge in [0.05, 0.1) is 25.0 Å². The normalized spacial score (nSPS) is 47.3. The summed E-state index contributed by atoms with van der Waals surface area (Å²) in [5.41, 5.74) is 0.308. The first-order chi connectivity index (χ1) is 18.6. The molecule has 4 fully saturated rings. The van der Waals surface area contributed by atoms with Crippen LogP contribution in [0.15, 0.2) is 11.6 Å². The van der Waals surface area contributed by atoms with Gasteiger partial charge in [0.15, 0.2) is 0 Å². The van der Waals surface area contributed by atoms with Gasteiger partial charge < -0.3 is 14.2 Å². The van der Waals surface area contributed by atoms with Crippen LogP contribution in [0, 0.1) is 50.2 Å². The van der Waals surface area contributed by atoms with Crippen LogP contribution in [0.2, 0.25) is 0 Å². The van der Waals surface area contributed by atoms with Crippen LogP contribution in [-0.2, 0) is 28.6 Å². The largest absolute Gasteiger partial charge is 0.469 e. The molecular formula is C34H52O6. The summed E-state index contributed by atoms with van der Waals surface area (Å²) < 4.78 is 16.6. The molecule has 0 aromatic heterocycles. The third kappa shape index (κ3) is 3.75. The second-order valence-electron chi connectivity index (χ2n) is 15.7. The average Bonchev–Trinajstić information content (AvgIpc) is 2.89. The summed E-state index contributed by atoms with van der Waals surface area (Å²) in [5, 5.41) is 0. The maximum absolute atomic E-state index is 13.5. The van der Waals surface area contributed by atoms with Crippen molar-refractivity contribution in [2.75, 3.05) is 14.2 Å². The summed E-state index contributed by atoms with van der Waals surface area (Å²) >= 11 is 0. The van der Waals surface area contributed by atoms with E-state index in [1.807, 2.05) is 6.92 Å². The Balaban J connectivity index is 1.56. The third-order valence-corrected chi connectivity index (χ3v) is 13.9. The zero-order valence-electron chi connectivity index (χ0n) is 26.4. The molecule has 0 amide bonds. The van der Waals surface area contributed by atoms with Crippen molar-refractivity contribution in [1.29, 1.82) is 0 Å². The minimum Gasteiger partial charge on any atom is -0.469 e. The first kappa shape index (κ1) is 29.6. The van der Waals surface area contributed by atoms with Gasteiger partial charge in [0, 0.05) is 12.3 Å². The highest BCUT2D eigenvalue weighted by atomic mass is 16.5. The standard InChI is InChI=1S/C34H52O6/c1-21(35)40-26-13-14-31(5)24(29(26,2)3)12-15-33(7)25(31)11-10-22-23-20-30(4,27(36)38-8)16-18-34(23,28(37)39-9)19-17-32(22,33)6/h10,23-26H,11-20H2,1-9H3/t23-,24-,25+,26-,30+,31-,32+,33+,34-/m0/s1. The Kier molecular flexibility index (Phi) is 6.91. The molecular weight excluding hydrogens is 504 g/mol. The predicted octanol–water partition coefficient (Wildman–Crippen LogP) is 7.05. The van der Waals surface area contributed by atoms with Crippen molar-refractivity contribution in [3.63, 3.8) is 0 Å².